The van der Waals surface area contributed by atoms with Crippen LogP contribution >= 0.6 is 11.6 Å². The molecule has 4 heteroatoms. The average Bonchev–Trinajstić information content (AvgIpc) is 2.28. The van der Waals surface area contributed by atoms with Crippen LogP contribution in [0.2, 0.25) is 5.15 Å². The number of aliphatic hydroxyl groups is 1. The summed E-state index contributed by atoms with van der Waals surface area (Å²) in [6.07, 6.45) is 0.585. The molecule has 1 N–H and O–H groups in total. The molecule has 2 nitrogen and oxygen atoms in total. The summed E-state index contributed by atoms with van der Waals surface area (Å²) in [5, 5.41) is 10.4. The molecule has 88 valence electrons. The second kappa shape index (κ2) is 4.82. The van der Waals surface area contributed by atoms with Crippen LogP contribution in [0.15, 0.2) is 36.5 Å². The van der Waals surface area contributed by atoms with E-state index in [-0.39, 0.29) is 5.82 Å². The SMILES string of the molecule is Cc1cc(F)cc(C(O)c2ccc(Cl)nc2)c1. The molecule has 0 radical (unpaired) electrons. The van der Waals surface area contributed by atoms with Gasteiger partial charge in [-0.05, 0) is 36.2 Å². The first kappa shape index (κ1) is 12.0. The number of hydrogen-bond acceptors (Lipinski definition) is 2. The van der Waals surface area contributed by atoms with Crippen LogP contribution in [0.3, 0.4) is 0 Å². The van der Waals surface area contributed by atoms with Crippen LogP contribution in [0.25, 0.3) is 0 Å². The lowest BCUT2D eigenvalue weighted by atomic mass is 10.0. The van der Waals surface area contributed by atoms with Gasteiger partial charge in [0.2, 0.25) is 0 Å². The number of halogens is 2. The summed E-state index contributed by atoms with van der Waals surface area (Å²) >= 11 is 5.66. The quantitative estimate of drug-likeness (QED) is 0.831. The third-order valence-electron chi connectivity index (χ3n) is 2.45. The number of benzene rings is 1. The second-order valence-electron chi connectivity index (χ2n) is 3.88. The number of pyridine rings is 1. The molecule has 1 aromatic carbocycles. The van der Waals surface area contributed by atoms with E-state index in [1.807, 2.05) is 0 Å². The number of hydrogen-bond donors (Lipinski definition) is 1. The number of aryl methyl sites for hydroxylation is 1. The van der Waals surface area contributed by atoms with Crippen molar-refractivity contribution in [3.05, 3.63) is 64.2 Å². The van der Waals surface area contributed by atoms with Crippen molar-refractivity contribution in [2.75, 3.05) is 0 Å². The molecule has 1 aromatic heterocycles. The molecule has 0 saturated heterocycles. The van der Waals surface area contributed by atoms with Crippen LogP contribution in [0.1, 0.15) is 22.8 Å². The lowest BCUT2D eigenvalue weighted by Crippen LogP contribution is -2.01. The molecule has 0 amide bonds. The van der Waals surface area contributed by atoms with Gasteiger partial charge >= 0.3 is 0 Å². The summed E-state index contributed by atoms with van der Waals surface area (Å²) < 4.78 is 13.2. The lowest BCUT2D eigenvalue weighted by Gasteiger charge is -2.12. The fraction of sp³-hybridized carbons (Fsp3) is 0.154. The van der Waals surface area contributed by atoms with E-state index in [0.717, 1.165) is 5.56 Å². The molecular weight excluding hydrogens is 241 g/mol. The van der Waals surface area contributed by atoms with Crippen LogP contribution in [0.5, 0.6) is 0 Å². The highest BCUT2D eigenvalue weighted by atomic mass is 35.5. The Morgan fingerprint density at radius 3 is 2.59 bits per heavy atom. The lowest BCUT2D eigenvalue weighted by molar-refractivity contribution is 0.219. The number of aromatic nitrogens is 1. The summed E-state index contributed by atoms with van der Waals surface area (Å²) in [6, 6.07) is 7.72. The molecule has 0 aliphatic heterocycles. The first-order chi connectivity index (χ1) is 8.06. The number of nitrogens with zero attached hydrogens (tertiary/aromatic N) is 1. The fourth-order valence-corrected chi connectivity index (χ4v) is 1.78. The van der Waals surface area contributed by atoms with Crippen LogP contribution in [-0.2, 0) is 0 Å². The molecule has 0 saturated carbocycles. The second-order valence-corrected chi connectivity index (χ2v) is 4.27. The van der Waals surface area contributed by atoms with Gasteiger partial charge in [0.25, 0.3) is 0 Å². The maximum Gasteiger partial charge on any atom is 0.129 e. The van der Waals surface area contributed by atoms with Gasteiger partial charge in [-0.15, -0.1) is 0 Å². The minimum atomic E-state index is -0.894. The van der Waals surface area contributed by atoms with E-state index in [2.05, 4.69) is 4.98 Å². The van der Waals surface area contributed by atoms with E-state index in [1.54, 1.807) is 25.1 Å². The van der Waals surface area contributed by atoms with Crippen molar-refractivity contribution in [2.45, 2.75) is 13.0 Å². The Morgan fingerprint density at radius 2 is 2.00 bits per heavy atom. The molecule has 2 aromatic rings. The van der Waals surface area contributed by atoms with E-state index in [1.165, 1.54) is 18.3 Å². The summed E-state index contributed by atoms with van der Waals surface area (Å²) in [6.45, 7) is 1.78. The average molecular weight is 252 g/mol. The summed E-state index contributed by atoms with van der Waals surface area (Å²) in [5.74, 6) is -0.360. The zero-order chi connectivity index (χ0) is 12.4. The summed E-state index contributed by atoms with van der Waals surface area (Å²) in [7, 11) is 0. The molecule has 1 unspecified atom stereocenters. The highest BCUT2D eigenvalue weighted by molar-refractivity contribution is 6.29. The van der Waals surface area contributed by atoms with E-state index < -0.39 is 6.10 Å². The minimum Gasteiger partial charge on any atom is -0.384 e. The number of rotatable bonds is 2. The van der Waals surface area contributed by atoms with Gasteiger partial charge in [-0.1, -0.05) is 23.7 Å². The van der Waals surface area contributed by atoms with Gasteiger partial charge in [0.1, 0.15) is 17.1 Å². The maximum absolute atomic E-state index is 13.2. The van der Waals surface area contributed by atoms with Gasteiger partial charge in [-0.2, -0.15) is 0 Å². The van der Waals surface area contributed by atoms with E-state index in [0.29, 0.717) is 16.3 Å². The Balaban J connectivity index is 2.36. The fourth-order valence-electron chi connectivity index (χ4n) is 1.66. The Hall–Kier alpha value is -1.45. The van der Waals surface area contributed by atoms with Gasteiger partial charge in [0, 0.05) is 11.8 Å². The molecule has 0 fully saturated rings. The molecular formula is C13H11ClFNO. The third-order valence-corrected chi connectivity index (χ3v) is 2.67. The largest absolute Gasteiger partial charge is 0.384 e. The van der Waals surface area contributed by atoms with Crippen molar-refractivity contribution in [3.63, 3.8) is 0 Å². The zero-order valence-electron chi connectivity index (χ0n) is 9.19. The maximum atomic E-state index is 13.2. The standard InChI is InChI=1S/C13H11ClFNO/c1-8-4-10(6-11(15)5-8)13(17)9-2-3-12(14)16-7-9/h2-7,13,17H,1H3. The zero-order valence-corrected chi connectivity index (χ0v) is 9.95. The van der Waals surface area contributed by atoms with Crippen LogP contribution in [-0.4, -0.2) is 10.1 Å². The molecule has 1 atom stereocenters. The Kier molecular flexibility index (Phi) is 3.41. The van der Waals surface area contributed by atoms with E-state index >= 15 is 0 Å². The molecule has 2 rings (SSSR count). The summed E-state index contributed by atoms with van der Waals surface area (Å²) in [4.78, 5) is 3.88. The van der Waals surface area contributed by atoms with Crippen molar-refractivity contribution in [1.82, 2.24) is 4.98 Å². The normalized spacial score (nSPS) is 12.5. The van der Waals surface area contributed by atoms with Gasteiger partial charge in [-0.25, -0.2) is 9.37 Å². The van der Waals surface area contributed by atoms with Crippen molar-refractivity contribution >= 4 is 11.6 Å². The van der Waals surface area contributed by atoms with Gasteiger partial charge in [0.15, 0.2) is 0 Å². The van der Waals surface area contributed by atoms with E-state index in [4.69, 9.17) is 11.6 Å². The Morgan fingerprint density at radius 1 is 1.24 bits per heavy atom. The smallest absolute Gasteiger partial charge is 0.129 e. The van der Waals surface area contributed by atoms with E-state index in [9.17, 15) is 9.50 Å². The monoisotopic (exact) mass is 251 g/mol. The topological polar surface area (TPSA) is 33.1 Å². The van der Waals surface area contributed by atoms with Crippen molar-refractivity contribution in [3.8, 4) is 0 Å². The predicted molar refractivity (Wildman–Crippen MR) is 64.4 cm³/mol. The molecule has 0 spiro atoms. The van der Waals surface area contributed by atoms with Crippen molar-refractivity contribution in [2.24, 2.45) is 0 Å². The van der Waals surface area contributed by atoms with Crippen molar-refractivity contribution < 1.29 is 9.50 Å². The van der Waals surface area contributed by atoms with Crippen LogP contribution in [0.4, 0.5) is 4.39 Å². The third kappa shape index (κ3) is 2.81. The predicted octanol–water partition coefficient (Wildman–Crippen LogP) is 3.26. The van der Waals surface area contributed by atoms with Gasteiger partial charge in [0.05, 0.1) is 0 Å². The van der Waals surface area contributed by atoms with Crippen LogP contribution < -0.4 is 0 Å². The van der Waals surface area contributed by atoms with Crippen molar-refractivity contribution in [1.29, 1.82) is 0 Å². The molecule has 1 heterocycles. The highest BCUT2D eigenvalue weighted by Gasteiger charge is 2.12. The molecule has 17 heavy (non-hydrogen) atoms. The van der Waals surface area contributed by atoms with Crippen LogP contribution in [0, 0.1) is 12.7 Å². The van der Waals surface area contributed by atoms with Gasteiger partial charge in [-0.3, -0.25) is 0 Å². The Labute approximate surface area is 104 Å². The minimum absolute atomic E-state index is 0.358. The highest BCUT2D eigenvalue weighted by Crippen LogP contribution is 2.23. The number of aliphatic hydroxyl groups excluding tert-OH is 1. The molecule has 0 aliphatic carbocycles. The molecule has 0 aliphatic rings. The first-order valence-electron chi connectivity index (χ1n) is 5.13. The Bertz CT molecular complexity index is 507. The first-order valence-corrected chi connectivity index (χ1v) is 5.50. The van der Waals surface area contributed by atoms with Gasteiger partial charge < -0.3 is 5.11 Å². The summed E-state index contributed by atoms with van der Waals surface area (Å²) in [5.41, 5.74) is 1.85. The molecule has 0 bridgehead atoms.